The van der Waals surface area contributed by atoms with Gasteiger partial charge in [0, 0.05) is 10.9 Å². The summed E-state index contributed by atoms with van der Waals surface area (Å²) in [5, 5.41) is 23.0. The van der Waals surface area contributed by atoms with Gasteiger partial charge in [-0.15, -0.1) is 10.2 Å². The van der Waals surface area contributed by atoms with Gasteiger partial charge in [0.15, 0.2) is 5.65 Å². The highest BCUT2D eigenvalue weighted by Gasteiger charge is 2.08. The molecule has 0 bridgehead atoms. The lowest BCUT2D eigenvalue weighted by atomic mass is 10.2. The van der Waals surface area contributed by atoms with Gasteiger partial charge in [-0.2, -0.15) is 10.1 Å². The van der Waals surface area contributed by atoms with Crippen molar-refractivity contribution in [3.63, 3.8) is 0 Å². The molecule has 0 fully saturated rings. The zero-order valence-corrected chi connectivity index (χ0v) is 15.7. The average Bonchev–Trinajstić information content (AvgIpc) is 2.97. The number of fused-ring (bicyclic) bond motifs is 3. The number of aromatic hydroxyl groups is 1. The smallest absolute Gasteiger partial charge is 0.265 e. The number of benzene rings is 2. The molecular formula is C16H10Br2N6O. The lowest BCUT2D eigenvalue weighted by molar-refractivity contribution is 0.468. The van der Waals surface area contributed by atoms with Crippen LogP contribution in [0.15, 0.2) is 50.4 Å². The Morgan fingerprint density at radius 3 is 2.68 bits per heavy atom. The second-order valence-electron chi connectivity index (χ2n) is 5.21. The van der Waals surface area contributed by atoms with Crippen molar-refractivity contribution in [2.75, 3.05) is 5.43 Å². The fourth-order valence-electron chi connectivity index (χ4n) is 2.39. The summed E-state index contributed by atoms with van der Waals surface area (Å²) in [7, 11) is 0. The molecular weight excluding hydrogens is 452 g/mol. The van der Waals surface area contributed by atoms with Crippen molar-refractivity contribution in [2.45, 2.75) is 0 Å². The topological polar surface area (TPSA) is 99.1 Å². The lowest BCUT2D eigenvalue weighted by Gasteiger charge is -2.02. The number of rotatable bonds is 3. The van der Waals surface area contributed by atoms with Crippen LogP contribution in [0.4, 0.5) is 5.95 Å². The Balaban J connectivity index is 1.59. The van der Waals surface area contributed by atoms with Crippen LogP contribution in [0.25, 0.3) is 22.1 Å². The van der Waals surface area contributed by atoms with E-state index in [2.05, 4.69) is 62.6 Å². The number of hydrogen-bond donors (Lipinski definition) is 3. The quantitative estimate of drug-likeness (QED) is 0.314. The second-order valence-corrected chi connectivity index (χ2v) is 6.92. The lowest BCUT2D eigenvalue weighted by Crippen LogP contribution is -1.99. The van der Waals surface area contributed by atoms with E-state index >= 15 is 0 Å². The number of H-pyrrole nitrogens is 1. The summed E-state index contributed by atoms with van der Waals surface area (Å²) in [6.45, 7) is 0. The maximum Gasteiger partial charge on any atom is 0.265 e. The van der Waals surface area contributed by atoms with Gasteiger partial charge >= 0.3 is 0 Å². The van der Waals surface area contributed by atoms with Crippen molar-refractivity contribution in [1.29, 1.82) is 0 Å². The second kappa shape index (κ2) is 6.41. The normalized spacial score (nSPS) is 11.6. The molecule has 2 heterocycles. The van der Waals surface area contributed by atoms with Crippen LogP contribution in [-0.4, -0.2) is 31.5 Å². The van der Waals surface area contributed by atoms with Gasteiger partial charge in [0.05, 0.1) is 15.2 Å². The third kappa shape index (κ3) is 3.08. The first-order valence-corrected chi connectivity index (χ1v) is 8.78. The largest absolute Gasteiger partial charge is 0.506 e. The Kier molecular flexibility index (Phi) is 4.10. The highest BCUT2D eigenvalue weighted by atomic mass is 79.9. The van der Waals surface area contributed by atoms with Crippen molar-refractivity contribution in [2.24, 2.45) is 5.10 Å². The number of phenols is 1. The predicted molar refractivity (Wildman–Crippen MR) is 104 cm³/mol. The zero-order chi connectivity index (χ0) is 17.4. The molecule has 0 aliphatic rings. The summed E-state index contributed by atoms with van der Waals surface area (Å²) in [6.07, 6.45) is 1.59. The van der Waals surface area contributed by atoms with E-state index in [1.165, 1.54) is 0 Å². The van der Waals surface area contributed by atoms with E-state index in [-0.39, 0.29) is 11.7 Å². The average molecular weight is 462 g/mol. The van der Waals surface area contributed by atoms with E-state index in [0.717, 1.165) is 22.0 Å². The molecule has 7 nitrogen and oxygen atoms in total. The number of anilines is 1. The Morgan fingerprint density at radius 2 is 1.88 bits per heavy atom. The SMILES string of the molecule is Oc1c(Br)cc(C=NNc2nnc3c(n2)[nH]c2ccccc23)cc1Br. The van der Waals surface area contributed by atoms with Gasteiger partial charge in [-0.3, -0.25) is 0 Å². The Bertz CT molecular complexity index is 1100. The molecule has 0 unspecified atom stereocenters. The Hall–Kier alpha value is -2.52. The van der Waals surface area contributed by atoms with Crippen molar-refractivity contribution in [3.05, 3.63) is 50.9 Å². The van der Waals surface area contributed by atoms with E-state index in [1.807, 2.05) is 24.3 Å². The third-order valence-electron chi connectivity index (χ3n) is 3.54. The first-order chi connectivity index (χ1) is 12.1. The van der Waals surface area contributed by atoms with Crippen molar-refractivity contribution in [3.8, 4) is 5.75 Å². The summed E-state index contributed by atoms with van der Waals surface area (Å²) < 4.78 is 1.14. The number of nitrogens with zero attached hydrogens (tertiary/aromatic N) is 4. The highest BCUT2D eigenvalue weighted by molar-refractivity contribution is 9.11. The molecule has 25 heavy (non-hydrogen) atoms. The summed E-state index contributed by atoms with van der Waals surface area (Å²) >= 11 is 6.55. The standard InChI is InChI=1S/C16H10Br2N6O/c17-10-5-8(6-11(18)14(10)25)7-19-23-16-21-15-13(22-24-16)9-3-1-2-4-12(9)20-15/h1-7,25H,(H2,20,21,23,24). The molecule has 4 aromatic rings. The number of para-hydroxylation sites is 1. The van der Waals surface area contributed by atoms with E-state index < -0.39 is 0 Å². The molecule has 9 heteroatoms. The van der Waals surface area contributed by atoms with Crippen molar-refractivity contribution in [1.82, 2.24) is 20.2 Å². The number of hydrogen-bond acceptors (Lipinski definition) is 6. The number of nitrogens with one attached hydrogen (secondary N) is 2. The van der Waals surface area contributed by atoms with Crippen molar-refractivity contribution >= 4 is 66.1 Å². The molecule has 0 atom stereocenters. The van der Waals surface area contributed by atoms with Gasteiger partial charge in [0.1, 0.15) is 11.3 Å². The van der Waals surface area contributed by atoms with Crippen LogP contribution in [0.3, 0.4) is 0 Å². The molecule has 0 radical (unpaired) electrons. The summed E-state index contributed by atoms with van der Waals surface area (Å²) in [5.41, 5.74) is 5.85. The first kappa shape index (κ1) is 16.0. The summed E-state index contributed by atoms with van der Waals surface area (Å²) in [5.74, 6) is 0.425. The number of hydrazone groups is 1. The Morgan fingerprint density at radius 1 is 1.12 bits per heavy atom. The number of phenolic OH excluding ortho intramolecular Hbond substituents is 1. The molecule has 124 valence electrons. The highest BCUT2D eigenvalue weighted by Crippen LogP contribution is 2.32. The minimum absolute atomic E-state index is 0.141. The number of aromatic amines is 1. The van der Waals surface area contributed by atoms with Crippen LogP contribution in [0.2, 0.25) is 0 Å². The van der Waals surface area contributed by atoms with Crippen LogP contribution in [0.1, 0.15) is 5.56 Å². The first-order valence-electron chi connectivity index (χ1n) is 7.20. The maximum absolute atomic E-state index is 9.71. The minimum atomic E-state index is 0.141. The maximum atomic E-state index is 9.71. The fourth-order valence-corrected chi connectivity index (χ4v) is 3.61. The molecule has 2 aromatic carbocycles. The van der Waals surface area contributed by atoms with Gasteiger partial charge in [0.2, 0.25) is 0 Å². The Labute approximate surface area is 158 Å². The van der Waals surface area contributed by atoms with Crippen LogP contribution >= 0.6 is 31.9 Å². The predicted octanol–water partition coefficient (Wildman–Crippen LogP) is 4.18. The molecule has 0 saturated carbocycles. The van der Waals surface area contributed by atoms with Crippen LogP contribution in [-0.2, 0) is 0 Å². The number of aromatic nitrogens is 4. The minimum Gasteiger partial charge on any atom is -0.506 e. The van der Waals surface area contributed by atoms with Gasteiger partial charge in [0.25, 0.3) is 5.95 Å². The van der Waals surface area contributed by atoms with Gasteiger partial charge in [-0.25, -0.2) is 5.43 Å². The summed E-state index contributed by atoms with van der Waals surface area (Å²) in [4.78, 5) is 7.58. The van der Waals surface area contributed by atoms with Gasteiger partial charge < -0.3 is 10.1 Å². The van der Waals surface area contributed by atoms with E-state index in [9.17, 15) is 5.11 Å². The molecule has 4 rings (SSSR count). The number of halogens is 2. The zero-order valence-electron chi connectivity index (χ0n) is 12.5. The third-order valence-corrected chi connectivity index (χ3v) is 4.75. The van der Waals surface area contributed by atoms with E-state index in [4.69, 9.17) is 0 Å². The summed E-state index contributed by atoms with van der Waals surface area (Å²) in [6, 6.07) is 11.3. The fraction of sp³-hybridized carbons (Fsp3) is 0. The van der Waals surface area contributed by atoms with Gasteiger partial charge in [-0.05, 0) is 55.6 Å². The molecule has 0 aliphatic carbocycles. The van der Waals surface area contributed by atoms with Crippen LogP contribution in [0, 0.1) is 0 Å². The molecule has 0 saturated heterocycles. The van der Waals surface area contributed by atoms with Gasteiger partial charge in [-0.1, -0.05) is 18.2 Å². The molecule has 2 aromatic heterocycles. The molecule has 0 amide bonds. The molecule has 0 aliphatic heterocycles. The molecule has 0 spiro atoms. The van der Waals surface area contributed by atoms with E-state index in [1.54, 1.807) is 18.3 Å². The van der Waals surface area contributed by atoms with Crippen LogP contribution in [0.5, 0.6) is 5.75 Å². The monoisotopic (exact) mass is 460 g/mol. The van der Waals surface area contributed by atoms with E-state index in [0.29, 0.717) is 14.6 Å². The van der Waals surface area contributed by atoms with Crippen molar-refractivity contribution < 1.29 is 5.11 Å². The van der Waals surface area contributed by atoms with Crippen LogP contribution < -0.4 is 5.43 Å². The molecule has 3 N–H and O–H groups in total.